The van der Waals surface area contributed by atoms with E-state index in [4.69, 9.17) is 31.0 Å². The Morgan fingerprint density at radius 1 is 0.900 bits per heavy atom. The average molecular weight is 559 g/mol. The van der Waals surface area contributed by atoms with Crippen LogP contribution in [0.2, 0.25) is 5.02 Å². The number of aliphatic hydroxyl groups is 1. The van der Waals surface area contributed by atoms with Crippen LogP contribution in [0.4, 0.5) is 5.82 Å². The van der Waals surface area contributed by atoms with Crippen molar-refractivity contribution in [3.8, 4) is 22.9 Å². The Labute approximate surface area is 241 Å². The van der Waals surface area contributed by atoms with Gasteiger partial charge in [-0.25, -0.2) is 9.97 Å². The third-order valence-corrected chi connectivity index (χ3v) is 7.37. The monoisotopic (exact) mass is 558 g/mol. The van der Waals surface area contributed by atoms with Gasteiger partial charge < -0.3 is 19.5 Å². The molecule has 0 aliphatic carbocycles. The van der Waals surface area contributed by atoms with Crippen molar-refractivity contribution in [2.24, 2.45) is 0 Å². The minimum absolute atomic E-state index is 0.238. The number of benzene rings is 3. The number of piperazine rings is 1. The van der Waals surface area contributed by atoms with Gasteiger partial charge in [0, 0.05) is 61.0 Å². The van der Waals surface area contributed by atoms with E-state index in [2.05, 4.69) is 22.8 Å². The zero-order valence-electron chi connectivity index (χ0n) is 23.0. The standard InChI is InChI=1S/C32H35ClN4O3/c1-23-30(20-24-7-6-10-26(33)19-24)32(35-31(34-23)25-8-4-3-5-9-25)37-17-15-36(16-18-37)21-27(38)22-40-29-13-11-28(39-2)12-14-29/h3-14,19,27,38H,15-18,20-22H2,1-2H3/t27-/m0/s1. The van der Waals surface area contributed by atoms with Crippen molar-refractivity contribution in [3.05, 3.63) is 101 Å². The first-order valence-electron chi connectivity index (χ1n) is 13.6. The smallest absolute Gasteiger partial charge is 0.161 e. The third kappa shape index (κ3) is 7.10. The highest BCUT2D eigenvalue weighted by Crippen LogP contribution is 2.29. The molecule has 1 fully saturated rings. The van der Waals surface area contributed by atoms with Crippen molar-refractivity contribution in [2.45, 2.75) is 19.4 Å². The lowest BCUT2D eigenvalue weighted by molar-refractivity contribution is 0.0662. The molecule has 3 aromatic carbocycles. The molecular formula is C32H35ClN4O3. The van der Waals surface area contributed by atoms with Crippen LogP contribution in [0.5, 0.6) is 11.5 Å². The van der Waals surface area contributed by atoms with Gasteiger partial charge in [-0.15, -0.1) is 0 Å². The molecule has 1 saturated heterocycles. The fourth-order valence-electron chi connectivity index (χ4n) is 4.97. The number of aliphatic hydroxyl groups excluding tert-OH is 1. The van der Waals surface area contributed by atoms with E-state index in [1.807, 2.05) is 72.8 Å². The number of hydrogen-bond acceptors (Lipinski definition) is 7. The SMILES string of the molecule is COc1ccc(OC[C@@H](O)CN2CCN(c3nc(-c4ccccc4)nc(C)c3Cc3cccc(Cl)c3)CC2)cc1. The van der Waals surface area contributed by atoms with Crippen LogP contribution in [0.25, 0.3) is 11.4 Å². The second kappa shape index (κ2) is 13.1. The van der Waals surface area contributed by atoms with E-state index in [1.54, 1.807) is 7.11 Å². The molecule has 1 N–H and O–H groups in total. The highest BCUT2D eigenvalue weighted by molar-refractivity contribution is 6.30. The highest BCUT2D eigenvalue weighted by atomic mass is 35.5. The molecule has 208 valence electrons. The maximum atomic E-state index is 10.6. The Kier molecular flexibility index (Phi) is 9.16. The number of aryl methyl sites for hydroxylation is 1. The van der Waals surface area contributed by atoms with E-state index in [0.717, 1.165) is 71.0 Å². The number of hydrogen-bond donors (Lipinski definition) is 1. The minimum Gasteiger partial charge on any atom is -0.497 e. The summed E-state index contributed by atoms with van der Waals surface area (Å²) in [6, 6.07) is 25.5. The summed E-state index contributed by atoms with van der Waals surface area (Å²) in [6.07, 6.45) is 0.122. The van der Waals surface area contributed by atoms with Crippen LogP contribution in [0, 0.1) is 6.92 Å². The van der Waals surface area contributed by atoms with E-state index in [-0.39, 0.29) is 6.61 Å². The first kappa shape index (κ1) is 27.9. The third-order valence-electron chi connectivity index (χ3n) is 7.14. The molecule has 1 aliphatic heterocycles. The molecule has 0 saturated carbocycles. The maximum Gasteiger partial charge on any atom is 0.161 e. The van der Waals surface area contributed by atoms with Crippen molar-refractivity contribution in [3.63, 3.8) is 0 Å². The van der Waals surface area contributed by atoms with Crippen molar-refractivity contribution in [1.82, 2.24) is 14.9 Å². The zero-order valence-corrected chi connectivity index (χ0v) is 23.7. The molecule has 0 spiro atoms. The number of anilines is 1. The lowest BCUT2D eigenvalue weighted by Gasteiger charge is -2.37. The van der Waals surface area contributed by atoms with Crippen LogP contribution in [0.1, 0.15) is 16.8 Å². The Morgan fingerprint density at radius 3 is 2.33 bits per heavy atom. The van der Waals surface area contributed by atoms with E-state index in [0.29, 0.717) is 18.7 Å². The summed E-state index contributed by atoms with van der Waals surface area (Å²) in [5.41, 5.74) is 4.21. The number of methoxy groups -OCH3 is 1. The lowest BCUT2D eigenvalue weighted by atomic mass is 10.0. The van der Waals surface area contributed by atoms with Gasteiger partial charge in [0.1, 0.15) is 30.0 Å². The van der Waals surface area contributed by atoms with Gasteiger partial charge in [-0.2, -0.15) is 0 Å². The van der Waals surface area contributed by atoms with Gasteiger partial charge in [0.05, 0.1) is 7.11 Å². The molecule has 7 nitrogen and oxygen atoms in total. The normalized spacial score (nSPS) is 14.7. The first-order chi connectivity index (χ1) is 19.5. The highest BCUT2D eigenvalue weighted by Gasteiger charge is 2.24. The molecule has 4 aromatic rings. The maximum absolute atomic E-state index is 10.6. The summed E-state index contributed by atoms with van der Waals surface area (Å²) in [7, 11) is 1.63. The summed E-state index contributed by atoms with van der Waals surface area (Å²) in [4.78, 5) is 14.6. The second-order valence-corrected chi connectivity index (χ2v) is 10.5. The van der Waals surface area contributed by atoms with E-state index in [1.165, 1.54) is 0 Å². The number of β-amino-alcohol motifs (C(OH)–C–C–N with tert-alkyl or cyclic N) is 1. The van der Waals surface area contributed by atoms with E-state index in [9.17, 15) is 5.11 Å². The van der Waals surface area contributed by atoms with Crippen LogP contribution in [0.3, 0.4) is 0 Å². The number of rotatable bonds is 10. The van der Waals surface area contributed by atoms with Crippen molar-refractivity contribution >= 4 is 17.4 Å². The summed E-state index contributed by atoms with van der Waals surface area (Å²) in [6.45, 7) is 6.10. The molecule has 40 heavy (non-hydrogen) atoms. The molecule has 2 heterocycles. The molecule has 1 aliphatic rings. The van der Waals surface area contributed by atoms with Crippen molar-refractivity contribution in [1.29, 1.82) is 0 Å². The summed E-state index contributed by atoms with van der Waals surface area (Å²) >= 11 is 6.29. The van der Waals surface area contributed by atoms with Gasteiger partial charge in [-0.3, -0.25) is 4.90 Å². The quantitative estimate of drug-likeness (QED) is 0.284. The van der Waals surface area contributed by atoms with Crippen LogP contribution < -0.4 is 14.4 Å². The van der Waals surface area contributed by atoms with Crippen LogP contribution >= 0.6 is 11.6 Å². The fraction of sp³-hybridized carbons (Fsp3) is 0.312. The molecule has 0 unspecified atom stereocenters. The molecular weight excluding hydrogens is 524 g/mol. The second-order valence-electron chi connectivity index (χ2n) is 10.0. The molecule has 0 amide bonds. The van der Waals surface area contributed by atoms with Crippen LogP contribution in [-0.2, 0) is 6.42 Å². The molecule has 1 aromatic heterocycles. The molecule has 0 radical (unpaired) electrons. The fourth-order valence-corrected chi connectivity index (χ4v) is 5.19. The van der Waals surface area contributed by atoms with Crippen LogP contribution in [0.15, 0.2) is 78.9 Å². The summed E-state index contributed by atoms with van der Waals surface area (Å²) in [5, 5.41) is 11.4. The summed E-state index contributed by atoms with van der Waals surface area (Å²) < 4.78 is 11.0. The van der Waals surface area contributed by atoms with Crippen molar-refractivity contribution in [2.75, 3.05) is 51.3 Å². The molecule has 8 heteroatoms. The number of nitrogens with zero attached hydrogens (tertiary/aromatic N) is 4. The summed E-state index contributed by atoms with van der Waals surface area (Å²) in [5.74, 6) is 3.19. The number of aromatic nitrogens is 2. The Morgan fingerprint density at radius 2 is 1.62 bits per heavy atom. The minimum atomic E-state index is -0.585. The predicted octanol–water partition coefficient (Wildman–Crippen LogP) is 5.27. The average Bonchev–Trinajstić information content (AvgIpc) is 2.98. The van der Waals surface area contributed by atoms with Gasteiger partial charge in [-0.05, 0) is 48.9 Å². The van der Waals surface area contributed by atoms with Crippen LogP contribution in [-0.4, -0.2) is 72.5 Å². The Bertz CT molecular complexity index is 1390. The van der Waals surface area contributed by atoms with E-state index >= 15 is 0 Å². The van der Waals surface area contributed by atoms with Gasteiger partial charge in [0.2, 0.25) is 0 Å². The molecule has 1 atom stereocenters. The zero-order chi connectivity index (χ0) is 27.9. The predicted molar refractivity (Wildman–Crippen MR) is 160 cm³/mol. The number of ether oxygens (including phenoxy) is 2. The molecule has 5 rings (SSSR count). The first-order valence-corrected chi connectivity index (χ1v) is 14.0. The van der Waals surface area contributed by atoms with E-state index < -0.39 is 6.10 Å². The lowest BCUT2D eigenvalue weighted by Crippen LogP contribution is -2.49. The Balaban J connectivity index is 1.27. The number of halogens is 1. The van der Waals surface area contributed by atoms with Gasteiger partial charge in [-0.1, -0.05) is 54.1 Å². The largest absolute Gasteiger partial charge is 0.497 e. The van der Waals surface area contributed by atoms with Crippen molar-refractivity contribution < 1.29 is 14.6 Å². The molecule has 0 bridgehead atoms. The van der Waals surface area contributed by atoms with Gasteiger partial charge in [0.25, 0.3) is 0 Å². The van der Waals surface area contributed by atoms with Gasteiger partial charge in [0.15, 0.2) is 5.82 Å². The Hall–Kier alpha value is -3.65. The van der Waals surface area contributed by atoms with Gasteiger partial charge >= 0.3 is 0 Å². The topological polar surface area (TPSA) is 71.0 Å².